The van der Waals surface area contributed by atoms with Gasteiger partial charge in [0.25, 0.3) is 0 Å². The minimum Gasteiger partial charge on any atom is -0.328 e. The molecule has 0 saturated heterocycles. The van der Waals surface area contributed by atoms with Crippen LogP contribution in [0.3, 0.4) is 0 Å². The molecule has 13 heavy (non-hydrogen) atoms. The van der Waals surface area contributed by atoms with E-state index in [1.165, 1.54) is 31.4 Å². The Balaban J connectivity index is 2.19. The van der Waals surface area contributed by atoms with E-state index in [4.69, 9.17) is 5.73 Å². The molecule has 0 aromatic heterocycles. The maximum absolute atomic E-state index is 5.93. The van der Waals surface area contributed by atoms with E-state index in [1.54, 1.807) is 0 Å². The fourth-order valence-electron chi connectivity index (χ4n) is 2.08. The number of hydrogen-bond acceptors (Lipinski definition) is 3. The standard InChI is InChI=1S/C10H22N2S/c1-8(7-13-2)12-10-5-3-4-9(11)6-10/h8-10,12H,3-7,11H2,1-2H3. The summed E-state index contributed by atoms with van der Waals surface area (Å²) < 4.78 is 0. The van der Waals surface area contributed by atoms with E-state index in [1.807, 2.05) is 11.8 Å². The van der Waals surface area contributed by atoms with Crippen LogP contribution in [-0.2, 0) is 0 Å². The molecular formula is C10H22N2S. The van der Waals surface area contributed by atoms with Gasteiger partial charge < -0.3 is 11.1 Å². The molecule has 1 rings (SSSR count). The van der Waals surface area contributed by atoms with Gasteiger partial charge in [-0.05, 0) is 32.4 Å². The summed E-state index contributed by atoms with van der Waals surface area (Å²) in [6, 6.07) is 1.74. The molecule has 0 spiro atoms. The topological polar surface area (TPSA) is 38.0 Å². The van der Waals surface area contributed by atoms with E-state index in [2.05, 4.69) is 18.5 Å². The molecule has 78 valence electrons. The molecule has 0 aromatic rings. The van der Waals surface area contributed by atoms with Crippen LogP contribution in [0.1, 0.15) is 32.6 Å². The number of thioether (sulfide) groups is 1. The third kappa shape index (κ3) is 4.34. The average molecular weight is 202 g/mol. The summed E-state index contributed by atoms with van der Waals surface area (Å²) in [5, 5.41) is 3.65. The van der Waals surface area contributed by atoms with Crippen LogP contribution < -0.4 is 11.1 Å². The monoisotopic (exact) mass is 202 g/mol. The number of hydrogen-bond donors (Lipinski definition) is 2. The van der Waals surface area contributed by atoms with Crippen molar-refractivity contribution in [1.29, 1.82) is 0 Å². The zero-order valence-electron chi connectivity index (χ0n) is 8.75. The normalized spacial score (nSPS) is 31.6. The van der Waals surface area contributed by atoms with Gasteiger partial charge >= 0.3 is 0 Å². The molecule has 1 saturated carbocycles. The fraction of sp³-hybridized carbons (Fsp3) is 1.00. The van der Waals surface area contributed by atoms with Crippen molar-refractivity contribution in [2.24, 2.45) is 5.73 Å². The lowest BCUT2D eigenvalue weighted by atomic mass is 9.91. The summed E-state index contributed by atoms with van der Waals surface area (Å²) >= 11 is 1.91. The van der Waals surface area contributed by atoms with Crippen molar-refractivity contribution in [2.75, 3.05) is 12.0 Å². The summed E-state index contributed by atoms with van der Waals surface area (Å²) in [5.74, 6) is 1.20. The van der Waals surface area contributed by atoms with E-state index >= 15 is 0 Å². The van der Waals surface area contributed by atoms with Gasteiger partial charge in [-0.25, -0.2) is 0 Å². The molecule has 2 nitrogen and oxygen atoms in total. The highest BCUT2D eigenvalue weighted by Gasteiger charge is 2.19. The lowest BCUT2D eigenvalue weighted by Gasteiger charge is -2.29. The highest BCUT2D eigenvalue weighted by atomic mass is 32.2. The Morgan fingerprint density at radius 1 is 1.54 bits per heavy atom. The molecule has 1 fully saturated rings. The van der Waals surface area contributed by atoms with Crippen molar-refractivity contribution in [1.82, 2.24) is 5.32 Å². The smallest absolute Gasteiger partial charge is 0.0132 e. The van der Waals surface area contributed by atoms with Crippen LogP contribution in [-0.4, -0.2) is 30.1 Å². The van der Waals surface area contributed by atoms with Crippen LogP contribution >= 0.6 is 11.8 Å². The van der Waals surface area contributed by atoms with E-state index < -0.39 is 0 Å². The van der Waals surface area contributed by atoms with Gasteiger partial charge in [0.15, 0.2) is 0 Å². The van der Waals surface area contributed by atoms with Crippen molar-refractivity contribution in [3.63, 3.8) is 0 Å². The molecule has 3 unspecified atom stereocenters. The minimum absolute atomic E-state index is 0.438. The molecule has 1 aliphatic carbocycles. The Hall–Kier alpha value is 0.270. The molecular weight excluding hydrogens is 180 g/mol. The lowest BCUT2D eigenvalue weighted by Crippen LogP contribution is -2.44. The summed E-state index contributed by atoms with van der Waals surface area (Å²) in [4.78, 5) is 0. The lowest BCUT2D eigenvalue weighted by molar-refractivity contribution is 0.324. The van der Waals surface area contributed by atoms with Crippen LogP contribution in [0.2, 0.25) is 0 Å². The van der Waals surface area contributed by atoms with Crippen LogP contribution in [0.5, 0.6) is 0 Å². The van der Waals surface area contributed by atoms with Gasteiger partial charge in [0.05, 0.1) is 0 Å². The third-order valence-corrected chi connectivity index (χ3v) is 3.48. The summed E-state index contributed by atoms with van der Waals surface area (Å²) in [6.45, 7) is 2.26. The van der Waals surface area contributed by atoms with Crippen LogP contribution in [0, 0.1) is 0 Å². The second-order valence-electron chi connectivity index (χ2n) is 4.15. The summed E-state index contributed by atoms with van der Waals surface area (Å²) in [6.07, 6.45) is 7.15. The van der Waals surface area contributed by atoms with E-state index in [-0.39, 0.29) is 0 Å². The quantitative estimate of drug-likeness (QED) is 0.727. The average Bonchev–Trinajstić information content (AvgIpc) is 2.04. The molecule has 1 aliphatic rings. The molecule has 0 bridgehead atoms. The number of nitrogens with two attached hydrogens (primary N) is 1. The van der Waals surface area contributed by atoms with Gasteiger partial charge in [0.1, 0.15) is 0 Å². The minimum atomic E-state index is 0.438. The maximum atomic E-state index is 5.93. The molecule has 3 N–H and O–H groups in total. The highest BCUT2D eigenvalue weighted by molar-refractivity contribution is 7.98. The Kier molecular flexibility index (Phi) is 5.14. The van der Waals surface area contributed by atoms with Gasteiger partial charge in [-0.1, -0.05) is 6.42 Å². The van der Waals surface area contributed by atoms with Crippen molar-refractivity contribution in [2.45, 2.75) is 50.7 Å². The molecule has 0 aromatic carbocycles. The first-order valence-electron chi connectivity index (χ1n) is 5.23. The van der Waals surface area contributed by atoms with Crippen LogP contribution in [0.4, 0.5) is 0 Å². The first-order valence-corrected chi connectivity index (χ1v) is 6.62. The van der Waals surface area contributed by atoms with E-state index in [9.17, 15) is 0 Å². The SMILES string of the molecule is CSCC(C)NC1CCCC(N)C1. The zero-order chi connectivity index (χ0) is 9.68. The van der Waals surface area contributed by atoms with Crippen LogP contribution in [0.25, 0.3) is 0 Å². The predicted octanol–water partition coefficient (Wildman–Crippen LogP) is 1.60. The molecule has 3 heteroatoms. The molecule has 0 radical (unpaired) electrons. The Labute approximate surface area is 86.0 Å². The highest BCUT2D eigenvalue weighted by Crippen LogP contribution is 2.17. The van der Waals surface area contributed by atoms with E-state index in [0.717, 1.165) is 0 Å². The first-order chi connectivity index (χ1) is 6.22. The van der Waals surface area contributed by atoms with Gasteiger partial charge in [0.2, 0.25) is 0 Å². The van der Waals surface area contributed by atoms with Gasteiger partial charge in [-0.2, -0.15) is 11.8 Å². The van der Waals surface area contributed by atoms with Crippen molar-refractivity contribution >= 4 is 11.8 Å². The van der Waals surface area contributed by atoms with Gasteiger partial charge in [-0.3, -0.25) is 0 Å². The molecule has 3 atom stereocenters. The molecule has 0 aliphatic heterocycles. The first kappa shape index (κ1) is 11.3. The van der Waals surface area contributed by atoms with Crippen LogP contribution in [0.15, 0.2) is 0 Å². The van der Waals surface area contributed by atoms with Gasteiger partial charge in [-0.15, -0.1) is 0 Å². The summed E-state index contributed by atoms with van der Waals surface area (Å²) in [5.41, 5.74) is 5.93. The van der Waals surface area contributed by atoms with E-state index in [0.29, 0.717) is 18.1 Å². The maximum Gasteiger partial charge on any atom is 0.0132 e. The largest absolute Gasteiger partial charge is 0.328 e. The van der Waals surface area contributed by atoms with Gasteiger partial charge in [0, 0.05) is 23.9 Å². The van der Waals surface area contributed by atoms with Crippen molar-refractivity contribution in [3.8, 4) is 0 Å². The van der Waals surface area contributed by atoms with Crippen molar-refractivity contribution in [3.05, 3.63) is 0 Å². The fourth-order valence-corrected chi connectivity index (χ4v) is 2.68. The predicted molar refractivity (Wildman–Crippen MR) is 61.2 cm³/mol. The Morgan fingerprint density at radius 2 is 2.31 bits per heavy atom. The third-order valence-electron chi connectivity index (χ3n) is 2.65. The second-order valence-corrected chi connectivity index (χ2v) is 5.06. The Bertz CT molecular complexity index is 141. The zero-order valence-corrected chi connectivity index (χ0v) is 9.57. The molecule has 0 amide bonds. The number of rotatable bonds is 4. The molecule has 0 heterocycles. The second kappa shape index (κ2) is 5.89. The Morgan fingerprint density at radius 3 is 2.92 bits per heavy atom. The summed E-state index contributed by atoms with van der Waals surface area (Å²) in [7, 11) is 0. The van der Waals surface area contributed by atoms with Crippen molar-refractivity contribution < 1.29 is 0 Å². The number of nitrogens with one attached hydrogen (secondary N) is 1.